The summed E-state index contributed by atoms with van der Waals surface area (Å²) in [6.07, 6.45) is 1.83. The van der Waals surface area contributed by atoms with E-state index in [1.807, 2.05) is 0 Å². The quantitative estimate of drug-likeness (QED) is 0.769. The predicted octanol–water partition coefficient (Wildman–Crippen LogP) is 0.946. The van der Waals surface area contributed by atoms with Gasteiger partial charge in [-0.25, -0.2) is 0 Å². The van der Waals surface area contributed by atoms with Crippen LogP contribution in [0.15, 0.2) is 0 Å². The van der Waals surface area contributed by atoms with Crippen molar-refractivity contribution >= 4 is 5.91 Å². The molecular weight excluding hydrogens is 214 g/mol. The van der Waals surface area contributed by atoms with Crippen molar-refractivity contribution in [3.05, 3.63) is 0 Å². The summed E-state index contributed by atoms with van der Waals surface area (Å²) in [7, 11) is 0. The summed E-state index contributed by atoms with van der Waals surface area (Å²) < 4.78 is 0. The topological polar surface area (TPSA) is 72.3 Å². The standard InChI is InChI=1S/C13H27N3O/c1-5-10(14)11(13(2,3)4)16-7-6-9(8-16)12(15)17/h9-11H,5-8,14H2,1-4H3,(H2,15,17). The van der Waals surface area contributed by atoms with Gasteiger partial charge in [-0.3, -0.25) is 9.69 Å². The fourth-order valence-electron chi connectivity index (χ4n) is 2.96. The maximum Gasteiger partial charge on any atom is 0.221 e. The molecule has 1 heterocycles. The van der Waals surface area contributed by atoms with Crippen molar-refractivity contribution < 1.29 is 4.79 Å². The lowest BCUT2D eigenvalue weighted by Gasteiger charge is -2.41. The van der Waals surface area contributed by atoms with E-state index in [0.717, 1.165) is 25.9 Å². The summed E-state index contributed by atoms with van der Waals surface area (Å²) in [5.74, 6) is -0.172. The number of hydrogen-bond donors (Lipinski definition) is 2. The molecule has 0 aliphatic carbocycles. The normalized spacial score (nSPS) is 25.8. The van der Waals surface area contributed by atoms with Gasteiger partial charge in [-0.05, 0) is 24.8 Å². The summed E-state index contributed by atoms with van der Waals surface area (Å²) in [5, 5.41) is 0. The molecule has 3 atom stereocenters. The van der Waals surface area contributed by atoms with Crippen LogP contribution in [0.2, 0.25) is 0 Å². The lowest BCUT2D eigenvalue weighted by Crippen LogP contribution is -2.54. The molecule has 0 saturated carbocycles. The lowest BCUT2D eigenvalue weighted by molar-refractivity contribution is -0.121. The number of likely N-dealkylation sites (tertiary alicyclic amines) is 1. The number of rotatable bonds is 4. The molecule has 17 heavy (non-hydrogen) atoms. The van der Waals surface area contributed by atoms with Crippen LogP contribution in [0, 0.1) is 11.3 Å². The summed E-state index contributed by atoms with van der Waals surface area (Å²) >= 11 is 0. The van der Waals surface area contributed by atoms with Crippen molar-refractivity contribution in [1.29, 1.82) is 0 Å². The van der Waals surface area contributed by atoms with Crippen molar-refractivity contribution in [3.8, 4) is 0 Å². The molecule has 1 fully saturated rings. The minimum absolute atomic E-state index is 0.00362. The second kappa shape index (κ2) is 5.36. The van der Waals surface area contributed by atoms with Crippen LogP contribution in [0.3, 0.4) is 0 Å². The minimum atomic E-state index is -0.176. The Hall–Kier alpha value is -0.610. The van der Waals surface area contributed by atoms with Gasteiger partial charge in [0.15, 0.2) is 0 Å². The van der Waals surface area contributed by atoms with Crippen molar-refractivity contribution in [2.24, 2.45) is 22.8 Å². The van der Waals surface area contributed by atoms with Crippen LogP contribution in [-0.4, -0.2) is 36.0 Å². The van der Waals surface area contributed by atoms with Gasteiger partial charge in [-0.1, -0.05) is 27.7 Å². The maximum atomic E-state index is 11.2. The molecule has 0 spiro atoms. The first-order valence-corrected chi connectivity index (χ1v) is 6.56. The average molecular weight is 241 g/mol. The Kier molecular flexibility index (Phi) is 4.55. The van der Waals surface area contributed by atoms with Gasteiger partial charge in [0.2, 0.25) is 5.91 Å². The van der Waals surface area contributed by atoms with Gasteiger partial charge in [-0.2, -0.15) is 0 Å². The highest BCUT2D eigenvalue weighted by atomic mass is 16.1. The zero-order chi connectivity index (χ0) is 13.2. The van der Waals surface area contributed by atoms with Crippen LogP contribution in [0.4, 0.5) is 0 Å². The molecular formula is C13H27N3O. The van der Waals surface area contributed by atoms with Crippen LogP contribution >= 0.6 is 0 Å². The Bertz CT molecular complexity index is 272. The van der Waals surface area contributed by atoms with Crippen molar-refractivity contribution in [2.45, 2.75) is 52.6 Å². The van der Waals surface area contributed by atoms with Gasteiger partial charge >= 0.3 is 0 Å². The summed E-state index contributed by atoms with van der Waals surface area (Å²) in [5.41, 5.74) is 11.8. The fraction of sp³-hybridized carbons (Fsp3) is 0.923. The summed E-state index contributed by atoms with van der Waals surface area (Å²) in [4.78, 5) is 13.6. The highest BCUT2D eigenvalue weighted by Crippen LogP contribution is 2.31. The van der Waals surface area contributed by atoms with E-state index in [1.54, 1.807) is 0 Å². The predicted molar refractivity (Wildman–Crippen MR) is 70.4 cm³/mol. The van der Waals surface area contributed by atoms with E-state index in [0.29, 0.717) is 6.04 Å². The van der Waals surface area contributed by atoms with Crippen molar-refractivity contribution in [2.75, 3.05) is 13.1 Å². The lowest BCUT2D eigenvalue weighted by atomic mass is 9.80. The molecule has 4 nitrogen and oxygen atoms in total. The molecule has 1 saturated heterocycles. The van der Waals surface area contributed by atoms with Crippen LogP contribution < -0.4 is 11.5 Å². The number of nitrogens with two attached hydrogens (primary N) is 2. The Balaban J connectivity index is 2.76. The van der Waals surface area contributed by atoms with Gasteiger partial charge in [0, 0.05) is 18.6 Å². The summed E-state index contributed by atoms with van der Waals surface area (Å²) in [6, 6.07) is 0.471. The number of primary amides is 1. The molecule has 4 N–H and O–H groups in total. The summed E-state index contributed by atoms with van der Waals surface area (Å²) in [6.45, 7) is 10.5. The van der Waals surface area contributed by atoms with Gasteiger partial charge in [-0.15, -0.1) is 0 Å². The van der Waals surface area contributed by atoms with Crippen LogP contribution in [0.1, 0.15) is 40.5 Å². The molecule has 0 radical (unpaired) electrons. The van der Waals surface area contributed by atoms with E-state index in [4.69, 9.17) is 11.5 Å². The zero-order valence-corrected chi connectivity index (χ0v) is 11.6. The second-order valence-electron chi connectivity index (χ2n) is 6.27. The Morgan fingerprint density at radius 2 is 2.06 bits per heavy atom. The van der Waals surface area contributed by atoms with Gasteiger partial charge < -0.3 is 11.5 Å². The molecule has 100 valence electrons. The SMILES string of the molecule is CCC(N)C(N1CCC(C(N)=O)C1)C(C)(C)C. The van der Waals surface area contributed by atoms with Crippen LogP contribution in [0.25, 0.3) is 0 Å². The van der Waals surface area contributed by atoms with Gasteiger partial charge in [0.1, 0.15) is 0 Å². The molecule has 4 heteroatoms. The smallest absolute Gasteiger partial charge is 0.221 e. The number of carbonyl (C=O) groups excluding carboxylic acids is 1. The highest BCUT2D eigenvalue weighted by Gasteiger charge is 2.39. The minimum Gasteiger partial charge on any atom is -0.369 e. The van der Waals surface area contributed by atoms with E-state index < -0.39 is 0 Å². The Labute approximate surface area is 105 Å². The second-order valence-corrected chi connectivity index (χ2v) is 6.27. The van der Waals surface area contributed by atoms with E-state index in [9.17, 15) is 4.79 Å². The van der Waals surface area contributed by atoms with Crippen molar-refractivity contribution in [1.82, 2.24) is 4.90 Å². The average Bonchev–Trinajstić information content (AvgIpc) is 2.64. The first-order chi connectivity index (χ1) is 7.77. The molecule has 0 aromatic heterocycles. The highest BCUT2D eigenvalue weighted by molar-refractivity contribution is 5.77. The molecule has 3 unspecified atom stereocenters. The Morgan fingerprint density at radius 1 is 1.47 bits per heavy atom. The fourth-order valence-corrected chi connectivity index (χ4v) is 2.96. The third kappa shape index (κ3) is 3.42. The van der Waals surface area contributed by atoms with E-state index in [1.165, 1.54) is 0 Å². The van der Waals surface area contributed by atoms with Crippen molar-refractivity contribution in [3.63, 3.8) is 0 Å². The zero-order valence-electron chi connectivity index (χ0n) is 11.6. The Morgan fingerprint density at radius 3 is 2.41 bits per heavy atom. The number of hydrogen-bond acceptors (Lipinski definition) is 3. The first-order valence-electron chi connectivity index (χ1n) is 6.56. The van der Waals surface area contributed by atoms with Crippen LogP contribution in [-0.2, 0) is 4.79 Å². The van der Waals surface area contributed by atoms with E-state index >= 15 is 0 Å². The van der Waals surface area contributed by atoms with Gasteiger partial charge in [0.25, 0.3) is 0 Å². The molecule has 0 bridgehead atoms. The largest absolute Gasteiger partial charge is 0.369 e. The number of amides is 1. The monoisotopic (exact) mass is 241 g/mol. The maximum absolute atomic E-state index is 11.2. The molecule has 0 aromatic rings. The molecule has 1 rings (SSSR count). The first kappa shape index (κ1) is 14.5. The third-order valence-electron chi connectivity index (χ3n) is 3.78. The van der Waals surface area contributed by atoms with E-state index in [2.05, 4.69) is 32.6 Å². The molecule has 1 aliphatic rings. The van der Waals surface area contributed by atoms with E-state index in [-0.39, 0.29) is 23.3 Å². The van der Waals surface area contributed by atoms with Crippen LogP contribution in [0.5, 0.6) is 0 Å². The number of nitrogens with zero attached hydrogens (tertiary/aromatic N) is 1. The molecule has 1 amide bonds. The molecule has 0 aromatic carbocycles. The number of carbonyl (C=O) groups is 1. The molecule has 1 aliphatic heterocycles. The third-order valence-corrected chi connectivity index (χ3v) is 3.78. The van der Waals surface area contributed by atoms with Gasteiger partial charge in [0.05, 0.1) is 5.92 Å².